The van der Waals surface area contributed by atoms with Crippen LogP contribution in [-0.4, -0.2) is 30.4 Å². The Morgan fingerprint density at radius 2 is 1.89 bits per heavy atom. The van der Waals surface area contributed by atoms with Crippen molar-refractivity contribution in [3.8, 4) is 0 Å². The van der Waals surface area contributed by atoms with E-state index >= 15 is 0 Å². The lowest BCUT2D eigenvalue weighted by molar-refractivity contribution is 0.0789. The summed E-state index contributed by atoms with van der Waals surface area (Å²) < 4.78 is 12.8. The summed E-state index contributed by atoms with van der Waals surface area (Å²) in [5.74, 6) is -0.0405. The number of rotatable bonds is 5. The number of hydrogen-bond acceptors (Lipinski definition) is 2. The van der Waals surface area contributed by atoms with Crippen LogP contribution >= 0.6 is 0 Å². The third kappa shape index (κ3) is 4.11. The van der Waals surface area contributed by atoms with Gasteiger partial charge in [0.1, 0.15) is 5.82 Å². The Morgan fingerprint density at radius 1 is 1.33 bits per heavy atom. The summed E-state index contributed by atoms with van der Waals surface area (Å²) in [5.41, 5.74) is 6.43. The molecule has 3 nitrogen and oxygen atoms in total. The van der Waals surface area contributed by atoms with E-state index in [1.54, 1.807) is 11.9 Å². The molecule has 0 aliphatic carbocycles. The summed E-state index contributed by atoms with van der Waals surface area (Å²) >= 11 is 0. The molecule has 0 heterocycles. The first-order chi connectivity index (χ1) is 8.41. The zero-order chi connectivity index (χ0) is 13.7. The lowest BCUT2D eigenvalue weighted by Gasteiger charge is -2.21. The van der Waals surface area contributed by atoms with Gasteiger partial charge in [-0.05, 0) is 36.6 Å². The number of carbonyl (C=O) groups is 1. The van der Waals surface area contributed by atoms with Crippen molar-refractivity contribution < 1.29 is 9.18 Å². The Kier molecular flexibility index (Phi) is 5.28. The topological polar surface area (TPSA) is 46.3 Å². The Hall–Kier alpha value is -1.42. The third-order valence-electron chi connectivity index (χ3n) is 3.09. The number of nitrogens with zero attached hydrogens (tertiary/aromatic N) is 1. The molecule has 1 amide bonds. The van der Waals surface area contributed by atoms with Gasteiger partial charge in [-0.25, -0.2) is 4.39 Å². The molecule has 1 aromatic rings. The van der Waals surface area contributed by atoms with Crippen molar-refractivity contribution in [3.05, 3.63) is 35.6 Å². The molecular formula is C14H21FN2O. The molecule has 1 atom stereocenters. The highest BCUT2D eigenvalue weighted by molar-refractivity contribution is 5.93. The van der Waals surface area contributed by atoms with Gasteiger partial charge in [0.05, 0.1) is 0 Å². The van der Waals surface area contributed by atoms with Crippen LogP contribution in [0.25, 0.3) is 0 Å². The number of carbonyl (C=O) groups excluding carboxylic acids is 1. The van der Waals surface area contributed by atoms with Crippen molar-refractivity contribution in [2.45, 2.75) is 26.3 Å². The van der Waals surface area contributed by atoms with Crippen molar-refractivity contribution in [3.63, 3.8) is 0 Å². The summed E-state index contributed by atoms with van der Waals surface area (Å²) in [5, 5.41) is 0. The molecule has 1 unspecified atom stereocenters. The van der Waals surface area contributed by atoms with Gasteiger partial charge in [-0.1, -0.05) is 13.8 Å². The standard InChI is InChI=1S/C14H21FN2O/c1-10(2)13(16)8-9-17(3)14(18)11-4-6-12(15)7-5-11/h4-7,10,13H,8-9,16H2,1-3H3. The van der Waals surface area contributed by atoms with Gasteiger partial charge in [0.25, 0.3) is 5.91 Å². The zero-order valence-electron chi connectivity index (χ0n) is 11.2. The van der Waals surface area contributed by atoms with Gasteiger partial charge < -0.3 is 10.6 Å². The van der Waals surface area contributed by atoms with Crippen LogP contribution in [-0.2, 0) is 0 Å². The molecular weight excluding hydrogens is 231 g/mol. The first kappa shape index (κ1) is 14.6. The van der Waals surface area contributed by atoms with Gasteiger partial charge in [-0.15, -0.1) is 0 Å². The smallest absolute Gasteiger partial charge is 0.253 e. The van der Waals surface area contributed by atoms with Crippen molar-refractivity contribution in [1.82, 2.24) is 4.90 Å². The molecule has 1 rings (SSSR count). The normalized spacial score (nSPS) is 12.6. The number of hydrogen-bond donors (Lipinski definition) is 1. The lowest BCUT2D eigenvalue weighted by atomic mass is 10.0. The lowest BCUT2D eigenvalue weighted by Crippen LogP contribution is -2.34. The minimum Gasteiger partial charge on any atom is -0.342 e. The molecule has 0 saturated heterocycles. The van der Waals surface area contributed by atoms with Gasteiger partial charge >= 0.3 is 0 Å². The summed E-state index contributed by atoms with van der Waals surface area (Å²) in [6.07, 6.45) is 0.765. The monoisotopic (exact) mass is 252 g/mol. The fourth-order valence-electron chi connectivity index (χ4n) is 1.59. The van der Waals surface area contributed by atoms with Gasteiger partial charge in [0, 0.05) is 25.2 Å². The van der Waals surface area contributed by atoms with Crippen molar-refractivity contribution >= 4 is 5.91 Å². The largest absolute Gasteiger partial charge is 0.342 e. The second-order valence-electron chi connectivity index (χ2n) is 4.93. The van der Waals surface area contributed by atoms with Gasteiger partial charge in [0.2, 0.25) is 0 Å². The summed E-state index contributed by atoms with van der Waals surface area (Å²) in [4.78, 5) is 13.6. The summed E-state index contributed by atoms with van der Waals surface area (Å²) in [6.45, 7) is 4.73. The maximum absolute atomic E-state index is 12.8. The maximum atomic E-state index is 12.8. The molecule has 0 saturated carbocycles. The SMILES string of the molecule is CC(C)C(N)CCN(C)C(=O)c1ccc(F)cc1. The molecule has 100 valence electrons. The van der Waals surface area contributed by atoms with Crippen LogP contribution in [0.5, 0.6) is 0 Å². The number of halogens is 1. The average Bonchev–Trinajstić information content (AvgIpc) is 2.35. The van der Waals surface area contributed by atoms with Gasteiger partial charge in [-0.2, -0.15) is 0 Å². The quantitative estimate of drug-likeness (QED) is 0.873. The molecule has 18 heavy (non-hydrogen) atoms. The molecule has 0 aliphatic heterocycles. The highest BCUT2D eigenvalue weighted by atomic mass is 19.1. The van der Waals surface area contributed by atoms with Gasteiger partial charge in [-0.3, -0.25) is 4.79 Å². The Bertz CT molecular complexity index is 389. The highest BCUT2D eigenvalue weighted by Crippen LogP contribution is 2.08. The van der Waals surface area contributed by atoms with E-state index in [4.69, 9.17) is 5.73 Å². The number of nitrogens with two attached hydrogens (primary N) is 1. The predicted molar refractivity (Wildman–Crippen MR) is 70.8 cm³/mol. The van der Waals surface area contributed by atoms with Crippen LogP contribution in [0.4, 0.5) is 4.39 Å². The van der Waals surface area contributed by atoms with E-state index < -0.39 is 0 Å². The van der Waals surface area contributed by atoms with E-state index in [1.807, 2.05) is 0 Å². The Morgan fingerprint density at radius 3 is 2.39 bits per heavy atom. The zero-order valence-corrected chi connectivity index (χ0v) is 11.2. The van der Waals surface area contributed by atoms with Crippen LogP contribution < -0.4 is 5.73 Å². The average molecular weight is 252 g/mol. The van der Waals surface area contributed by atoms with Crippen LogP contribution in [0, 0.1) is 11.7 Å². The maximum Gasteiger partial charge on any atom is 0.253 e. The summed E-state index contributed by atoms with van der Waals surface area (Å²) in [6, 6.07) is 5.67. The third-order valence-corrected chi connectivity index (χ3v) is 3.09. The van der Waals surface area contributed by atoms with E-state index in [1.165, 1.54) is 24.3 Å². The van der Waals surface area contributed by atoms with E-state index in [0.717, 1.165) is 6.42 Å². The first-order valence-electron chi connectivity index (χ1n) is 6.18. The molecule has 0 bridgehead atoms. The van der Waals surface area contributed by atoms with Crippen molar-refractivity contribution in [2.75, 3.05) is 13.6 Å². The molecule has 4 heteroatoms. The molecule has 0 aliphatic rings. The Labute approximate surface area is 108 Å². The minimum atomic E-state index is -0.337. The molecule has 0 spiro atoms. The second-order valence-corrected chi connectivity index (χ2v) is 4.93. The minimum absolute atomic E-state index is 0.0912. The van der Waals surface area contributed by atoms with Crippen molar-refractivity contribution in [1.29, 1.82) is 0 Å². The number of amides is 1. The van der Waals surface area contributed by atoms with Crippen LogP contribution in [0.2, 0.25) is 0 Å². The molecule has 1 aromatic carbocycles. The molecule has 0 radical (unpaired) electrons. The first-order valence-corrected chi connectivity index (χ1v) is 6.18. The highest BCUT2D eigenvalue weighted by Gasteiger charge is 2.14. The van der Waals surface area contributed by atoms with Crippen LogP contribution in [0.3, 0.4) is 0 Å². The predicted octanol–water partition coefficient (Wildman–Crippen LogP) is 2.27. The van der Waals surface area contributed by atoms with Crippen molar-refractivity contribution in [2.24, 2.45) is 11.7 Å². The molecule has 0 aromatic heterocycles. The summed E-state index contributed by atoms with van der Waals surface area (Å²) in [7, 11) is 1.73. The van der Waals surface area contributed by atoms with E-state index in [-0.39, 0.29) is 17.8 Å². The fourth-order valence-corrected chi connectivity index (χ4v) is 1.59. The van der Waals surface area contributed by atoms with Crippen LogP contribution in [0.15, 0.2) is 24.3 Å². The van der Waals surface area contributed by atoms with E-state index in [0.29, 0.717) is 18.0 Å². The Balaban J connectivity index is 2.54. The van der Waals surface area contributed by atoms with E-state index in [9.17, 15) is 9.18 Å². The number of benzene rings is 1. The van der Waals surface area contributed by atoms with Crippen LogP contribution in [0.1, 0.15) is 30.6 Å². The van der Waals surface area contributed by atoms with Gasteiger partial charge in [0.15, 0.2) is 0 Å². The molecule has 2 N–H and O–H groups in total. The fraction of sp³-hybridized carbons (Fsp3) is 0.500. The van der Waals surface area contributed by atoms with E-state index in [2.05, 4.69) is 13.8 Å². The molecule has 0 fully saturated rings. The second kappa shape index (κ2) is 6.50.